The van der Waals surface area contributed by atoms with Crippen molar-refractivity contribution < 1.29 is 14.7 Å². The minimum absolute atomic E-state index is 0.00136. The fraction of sp³-hybridized carbons (Fsp3) is 0.500. The minimum Gasteiger partial charge on any atom is -0.391 e. The molecule has 2 N–H and O–H groups in total. The third-order valence-electron chi connectivity index (χ3n) is 3.81. The normalized spacial score (nSPS) is 16.2. The second-order valence-electron chi connectivity index (χ2n) is 5.83. The van der Waals surface area contributed by atoms with Gasteiger partial charge in [0, 0.05) is 24.5 Å². The molecule has 1 heterocycles. The van der Waals surface area contributed by atoms with Gasteiger partial charge in [-0.25, -0.2) is 0 Å². The van der Waals surface area contributed by atoms with E-state index in [2.05, 4.69) is 5.32 Å². The maximum atomic E-state index is 12.4. The number of rotatable bonds is 5. The summed E-state index contributed by atoms with van der Waals surface area (Å²) in [6.07, 6.45) is 0.658. The van der Waals surface area contributed by atoms with Gasteiger partial charge in [-0.2, -0.15) is 0 Å². The number of hydrogen-bond acceptors (Lipinski definition) is 3. The predicted octanol–water partition coefficient (Wildman–Crippen LogP) is 2.21. The Hall–Kier alpha value is -1.59. The number of halogens is 1. The monoisotopic (exact) mass is 324 g/mol. The summed E-state index contributed by atoms with van der Waals surface area (Å²) in [5, 5.41) is 13.0. The van der Waals surface area contributed by atoms with Gasteiger partial charge < -0.3 is 15.3 Å². The lowest BCUT2D eigenvalue weighted by atomic mass is 10.1. The first kappa shape index (κ1) is 16.8. The lowest BCUT2D eigenvalue weighted by Gasteiger charge is -2.21. The molecule has 22 heavy (non-hydrogen) atoms. The van der Waals surface area contributed by atoms with Gasteiger partial charge >= 0.3 is 0 Å². The second kappa shape index (κ2) is 7.11. The highest BCUT2D eigenvalue weighted by atomic mass is 35.5. The first-order valence-corrected chi connectivity index (χ1v) is 7.84. The van der Waals surface area contributed by atoms with Crippen molar-refractivity contribution in [1.29, 1.82) is 0 Å². The Labute approximate surface area is 135 Å². The molecule has 0 aromatic heterocycles. The fourth-order valence-electron chi connectivity index (χ4n) is 2.35. The SMILES string of the molecule is CC(C)C(O)CNC(=O)c1ccc(Cl)cc1N1CCCC1=O. The van der Waals surface area contributed by atoms with Crippen LogP contribution in [0.3, 0.4) is 0 Å². The van der Waals surface area contributed by atoms with Crippen LogP contribution in [0.5, 0.6) is 0 Å². The molecule has 1 aromatic rings. The molecule has 0 spiro atoms. The molecule has 1 saturated heterocycles. The molecule has 1 aliphatic heterocycles. The summed E-state index contributed by atoms with van der Waals surface area (Å²) in [5.41, 5.74) is 0.933. The van der Waals surface area contributed by atoms with E-state index in [0.29, 0.717) is 29.2 Å². The zero-order chi connectivity index (χ0) is 16.3. The van der Waals surface area contributed by atoms with Crippen molar-refractivity contribution >= 4 is 29.1 Å². The van der Waals surface area contributed by atoms with Gasteiger partial charge in [0.05, 0.1) is 17.4 Å². The lowest BCUT2D eigenvalue weighted by Crippen LogP contribution is -2.36. The summed E-state index contributed by atoms with van der Waals surface area (Å²) in [4.78, 5) is 25.9. The maximum Gasteiger partial charge on any atom is 0.253 e. The lowest BCUT2D eigenvalue weighted by molar-refractivity contribution is -0.117. The number of aliphatic hydroxyl groups is 1. The number of nitrogens with one attached hydrogen (secondary N) is 1. The Balaban J connectivity index is 2.19. The standard InChI is InChI=1S/C16H21ClN2O3/c1-10(2)14(20)9-18-16(22)12-6-5-11(17)8-13(12)19-7-3-4-15(19)21/h5-6,8,10,14,20H,3-4,7,9H2,1-2H3,(H,18,22). The van der Waals surface area contributed by atoms with Gasteiger partial charge in [0.2, 0.25) is 5.91 Å². The van der Waals surface area contributed by atoms with Gasteiger partial charge in [-0.3, -0.25) is 9.59 Å². The predicted molar refractivity (Wildman–Crippen MR) is 86.2 cm³/mol. The van der Waals surface area contributed by atoms with Crippen LogP contribution in [0.2, 0.25) is 5.02 Å². The molecule has 5 nitrogen and oxygen atoms in total. The summed E-state index contributed by atoms with van der Waals surface area (Å²) < 4.78 is 0. The van der Waals surface area contributed by atoms with Crippen LogP contribution in [-0.4, -0.2) is 36.1 Å². The molecular weight excluding hydrogens is 304 g/mol. The fourth-order valence-corrected chi connectivity index (χ4v) is 2.52. The highest BCUT2D eigenvalue weighted by Crippen LogP contribution is 2.28. The summed E-state index contributed by atoms with van der Waals surface area (Å²) in [7, 11) is 0. The van der Waals surface area contributed by atoms with Crippen LogP contribution in [0.1, 0.15) is 37.0 Å². The van der Waals surface area contributed by atoms with Crippen molar-refractivity contribution in [1.82, 2.24) is 5.32 Å². The van der Waals surface area contributed by atoms with E-state index >= 15 is 0 Å². The third kappa shape index (κ3) is 3.78. The van der Waals surface area contributed by atoms with Crippen LogP contribution in [0, 0.1) is 5.92 Å². The summed E-state index contributed by atoms with van der Waals surface area (Å²) in [6.45, 7) is 4.53. The highest BCUT2D eigenvalue weighted by Gasteiger charge is 2.26. The Bertz CT molecular complexity index is 575. The molecule has 1 aliphatic rings. The van der Waals surface area contributed by atoms with Gasteiger partial charge in [-0.1, -0.05) is 25.4 Å². The van der Waals surface area contributed by atoms with Crippen molar-refractivity contribution in [2.75, 3.05) is 18.0 Å². The first-order chi connectivity index (χ1) is 10.4. The van der Waals surface area contributed by atoms with Gasteiger partial charge in [-0.05, 0) is 30.5 Å². The van der Waals surface area contributed by atoms with Crippen LogP contribution in [0.4, 0.5) is 5.69 Å². The Kier molecular flexibility index (Phi) is 5.42. The van der Waals surface area contributed by atoms with E-state index in [1.165, 1.54) is 0 Å². The number of benzene rings is 1. The van der Waals surface area contributed by atoms with Crippen LogP contribution in [0.15, 0.2) is 18.2 Å². The van der Waals surface area contributed by atoms with Crippen molar-refractivity contribution in [2.24, 2.45) is 5.92 Å². The molecule has 120 valence electrons. The van der Waals surface area contributed by atoms with Crippen LogP contribution < -0.4 is 10.2 Å². The van der Waals surface area contributed by atoms with E-state index in [-0.39, 0.29) is 24.3 Å². The molecule has 1 unspecified atom stereocenters. The molecule has 1 aromatic carbocycles. The molecular formula is C16H21ClN2O3. The number of anilines is 1. The quantitative estimate of drug-likeness (QED) is 0.872. The molecule has 2 rings (SSSR count). The second-order valence-corrected chi connectivity index (χ2v) is 6.27. The van der Waals surface area contributed by atoms with E-state index in [0.717, 1.165) is 6.42 Å². The van der Waals surface area contributed by atoms with E-state index in [4.69, 9.17) is 11.6 Å². The number of carbonyl (C=O) groups excluding carboxylic acids is 2. The van der Waals surface area contributed by atoms with Crippen LogP contribution in [0.25, 0.3) is 0 Å². The molecule has 1 atom stereocenters. The number of carbonyl (C=O) groups is 2. The van der Waals surface area contributed by atoms with E-state index < -0.39 is 6.10 Å². The highest BCUT2D eigenvalue weighted by molar-refractivity contribution is 6.31. The molecule has 2 amide bonds. The van der Waals surface area contributed by atoms with E-state index in [9.17, 15) is 14.7 Å². The van der Waals surface area contributed by atoms with Crippen molar-refractivity contribution in [3.05, 3.63) is 28.8 Å². The number of hydrogen-bond donors (Lipinski definition) is 2. The zero-order valence-corrected chi connectivity index (χ0v) is 13.6. The number of aliphatic hydroxyl groups excluding tert-OH is 1. The molecule has 6 heteroatoms. The molecule has 0 aliphatic carbocycles. The van der Waals surface area contributed by atoms with E-state index in [1.807, 2.05) is 13.8 Å². The number of nitrogens with zero attached hydrogens (tertiary/aromatic N) is 1. The van der Waals surface area contributed by atoms with E-state index in [1.54, 1.807) is 23.1 Å². The van der Waals surface area contributed by atoms with Crippen molar-refractivity contribution in [2.45, 2.75) is 32.8 Å². The molecule has 0 radical (unpaired) electrons. The Morgan fingerprint density at radius 3 is 2.77 bits per heavy atom. The molecule has 0 saturated carbocycles. The molecule has 0 bridgehead atoms. The minimum atomic E-state index is -0.604. The Morgan fingerprint density at radius 2 is 2.18 bits per heavy atom. The molecule has 1 fully saturated rings. The number of amides is 2. The smallest absolute Gasteiger partial charge is 0.253 e. The van der Waals surface area contributed by atoms with Crippen molar-refractivity contribution in [3.8, 4) is 0 Å². The van der Waals surface area contributed by atoms with Crippen LogP contribution in [-0.2, 0) is 4.79 Å². The Morgan fingerprint density at radius 1 is 1.45 bits per heavy atom. The van der Waals surface area contributed by atoms with Gasteiger partial charge in [0.15, 0.2) is 0 Å². The van der Waals surface area contributed by atoms with Gasteiger partial charge in [0.1, 0.15) is 0 Å². The van der Waals surface area contributed by atoms with Crippen molar-refractivity contribution in [3.63, 3.8) is 0 Å². The summed E-state index contributed by atoms with van der Waals surface area (Å²) in [5.74, 6) is -0.255. The van der Waals surface area contributed by atoms with Crippen LogP contribution >= 0.6 is 11.6 Å². The first-order valence-electron chi connectivity index (χ1n) is 7.46. The zero-order valence-electron chi connectivity index (χ0n) is 12.8. The average molecular weight is 325 g/mol. The average Bonchev–Trinajstić information content (AvgIpc) is 2.90. The topological polar surface area (TPSA) is 69.6 Å². The summed E-state index contributed by atoms with van der Waals surface area (Å²) in [6, 6.07) is 4.87. The largest absolute Gasteiger partial charge is 0.391 e. The van der Waals surface area contributed by atoms with Gasteiger partial charge in [-0.15, -0.1) is 0 Å². The summed E-state index contributed by atoms with van der Waals surface area (Å²) >= 11 is 6.01. The third-order valence-corrected chi connectivity index (χ3v) is 4.05. The van der Waals surface area contributed by atoms with Gasteiger partial charge in [0.25, 0.3) is 5.91 Å². The maximum absolute atomic E-state index is 12.4.